The first-order valence-electron chi connectivity index (χ1n) is 21.0. The predicted molar refractivity (Wildman–Crippen MR) is 253 cm³/mol. The molecule has 2 unspecified atom stereocenters. The third kappa shape index (κ3) is 5.97. The van der Waals surface area contributed by atoms with Crippen LogP contribution < -0.4 is 9.64 Å². The molecule has 61 heavy (non-hydrogen) atoms. The summed E-state index contributed by atoms with van der Waals surface area (Å²) >= 11 is 0. The molecule has 0 spiro atoms. The molecule has 0 bridgehead atoms. The molecule has 0 fully saturated rings. The van der Waals surface area contributed by atoms with Gasteiger partial charge in [0.05, 0.1) is 11.6 Å². The lowest BCUT2D eigenvalue weighted by atomic mass is 9.77. The third-order valence-corrected chi connectivity index (χ3v) is 12.4. The molecule has 0 saturated carbocycles. The van der Waals surface area contributed by atoms with Crippen LogP contribution in [0.5, 0.6) is 5.75 Å². The van der Waals surface area contributed by atoms with Gasteiger partial charge in [-0.05, 0) is 105 Å². The van der Waals surface area contributed by atoms with Gasteiger partial charge in [-0.1, -0.05) is 170 Å². The minimum atomic E-state index is -0.162. The number of nitrogens with zero attached hydrogens (tertiary/aromatic N) is 1. The number of anilines is 3. The van der Waals surface area contributed by atoms with Crippen LogP contribution in [-0.2, 0) is 0 Å². The third-order valence-electron chi connectivity index (χ3n) is 12.4. The molecule has 1 aliphatic heterocycles. The van der Waals surface area contributed by atoms with Crippen LogP contribution in [0.2, 0.25) is 0 Å². The Labute approximate surface area is 354 Å². The number of rotatable bonds is 7. The van der Waals surface area contributed by atoms with E-state index in [1.807, 2.05) is 12.1 Å². The number of ether oxygens (including phenoxy) is 1. The Morgan fingerprint density at radius 2 is 0.984 bits per heavy atom. The zero-order chi connectivity index (χ0) is 40.3. The minimum Gasteiger partial charge on any atom is -0.484 e. The topological polar surface area (TPSA) is 25.6 Å². The van der Waals surface area contributed by atoms with Gasteiger partial charge in [0, 0.05) is 33.1 Å². The lowest BCUT2D eigenvalue weighted by Crippen LogP contribution is -2.21. The van der Waals surface area contributed by atoms with E-state index in [9.17, 15) is 0 Å². The summed E-state index contributed by atoms with van der Waals surface area (Å²) in [6.07, 6.45) is 4.55. The van der Waals surface area contributed by atoms with Crippen LogP contribution in [0.4, 0.5) is 17.1 Å². The van der Waals surface area contributed by atoms with Crippen LogP contribution >= 0.6 is 0 Å². The highest BCUT2D eigenvalue weighted by Gasteiger charge is 2.40. The fourth-order valence-corrected chi connectivity index (χ4v) is 9.57. The Morgan fingerprint density at radius 3 is 1.69 bits per heavy atom. The summed E-state index contributed by atoms with van der Waals surface area (Å²) in [5.41, 5.74) is 15.5. The van der Waals surface area contributed by atoms with Gasteiger partial charge in [0.25, 0.3) is 0 Å². The standard InChI is InChI=1S/C58H39NO2/c1-4-15-38(16-5-1)40-27-31-44(32-28-40)59(53-25-14-24-49-47-22-12-13-26-54(47)60-58(49)53)45-33-29-42(30-34-45)51-35-43(39-17-6-2-7-18-39)36-55-56(51)52-37-50(41-19-8-3-9-20-41)46-21-10-11-23-48(46)57(52)61-55/h1-37,55-56H. The molecule has 0 saturated heterocycles. The van der Waals surface area contributed by atoms with Gasteiger partial charge in [-0.3, -0.25) is 0 Å². The molecule has 1 aromatic heterocycles. The van der Waals surface area contributed by atoms with Crippen molar-refractivity contribution in [2.45, 2.75) is 12.0 Å². The number of furan rings is 1. The second kappa shape index (κ2) is 14.4. The first-order valence-corrected chi connectivity index (χ1v) is 21.0. The van der Waals surface area contributed by atoms with E-state index in [-0.39, 0.29) is 12.0 Å². The SMILES string of the molecule is C1=C(c2ccccc2)C=C(c2ccc(N(c3ccc(-c4ccccc4)cc3)c3cccc4c3oc3ccccc34)cc2)C2c3cc(-c4ccccc4)c4ccccc4c3OC12. The maximum absolute atomic E-state index is 7.07. The number of allylic oxidation sites excluding steroid dienone is 2. The van der Waals surface area contributed by atoms with Gasteiger partial charge >= 0.3 is 0 Å². The van der Waals surface area contributed by atoms with Gasteiger partial charge in [0.15, 0.2) is 5.58 Å². The average molecular weight is 782 g/mol. The van der Waals surface area contributed by atoms with E-state index in [1.165, 1.54) is 44.3 Å². The number of fused-ring (bicyclic) bond motifs is 8. The minimum absolute atomic E-state index is 0.00584. The molecular weight excluding hydrogens is 743 g/mol. The lowest BCUT2D eigenvalue weighted by molar-refractivity contribution is 0.275. The van der Waals surface area contributed by atoms with Crippen LogP contribution in [0.1, 0.15) is 22.6 Å². The highest BCUT2D eigenvalue weighted by molar-refractivity contribution is 6.10. The van der Waals surface area contributed by atoms with Crippen molar-refractivity contribution in [3.8, 4) is 28.0 Å². The molecule has 0 amide bonds. The fraction of sp³-hybridized carbons (Fsp3) is 0.0345. The Bertz CT molecular complexity index is 3310. The number of para-hydroxylation sites is 2. The van der Waals surface area contributed by atoms with E-state index in [0.29, 0.717) is 0 Å². The molecule has 1 aliphatic carbocycles. The van der Waals surface area contributed by atoms with E-state index >= 15 is 0 Å². The first kappa shape index (κ1) is 35.1. The van der Waals surface area contributed by atoms with Crippen molar-refractivity contribution in [3.05, 3.63) is 241 Å². The molecule has 3 heteroatoms. The summed E-state index contributed by atoms with van der Waals surface area (Å²) in [5.74, 6) is 0.980. The summed E-state index contributed by atoms with van der Waals surface area (Å²) in [5, 5.41) is 4.55. The van der Waals surface area contributed by atoms with E-state index in [0.717, 1.165) is 61.3 Å². The van der Waals surface area contributed by atoms with Crippen molar-refractivity contribution in [1.82, 2.24) is 0 Å². The van der Waals surface area contributed by atoms with Crippen molar-refractivity contribution in [2.24, 2.45) is 0 Å². The first-order chi connectivity index (χ1) is 30.2. The number of benzene rings is 9. The van der Waals surface area contributed by atoms with Gasteiger partial charge in [0.2, 0.25) is 0 Å². The quantitative estimate of drug-likeness (QED) is 0.161. The largest absolute Gasteiger partial charge is 0.484 e. The molecule has 0 N–H and O–H groups in total. The predicted octanol–water partition coefficient (Wildman–Crippen LogP) is 15.6. The second-order valence-corrected chi connectivity index (χ2v) is 15.9. The molecule has 10 aromatic rings. The van der Waals surface area contributed by atoms with Gasteiger partial charge in [0.1, 0.15) is 17.4 Å². The maximum Gasteiger partial charge on any atom is 0.159 e. The van der Waals surface area contributed by atoms with E-state index in [1.54, 1.807) is 0 Å². The molecule has 0 radical (unpaired) electrons. The van der Waals surface area contributed by atoms with Gasteiger partial charge < -0.3 is 14.1 Å². The highest BCUT2D eigenvalue weighted by Crippen LogP contribution is 2.54. The molecule has 2 heterocycles. The van der Waals surface area contributed by atoms with Gasteiger partial charge in [-0.2, -0.15) is 0 Å². The summed E-state index contributed by atoms with van der Waals surface area (Å²) in [6, 6.07) is 75.7. The van der Waals surface area contributed by atoms with Crippen LogP contribution in [-0.4, -0.2) is 6.10 Å². The van der Waals surface area contributed by atoms with E-state index in [2.05, 4.69) is 217 Å². The van der Waals surface area contributed by atoms with Crippen molar-refractivity contribution in [1.29, 1.82) is 0 Å². The Kier molecular flexibility index (Phi) is 8.31. The molecule has 2 atom stereocenters. The Hall–Kier alpha value is -7.88. The monoisotopic (exact) mass is 781 g/mol. The normalized spacial score (nSPS) is 15.5. The fourth-order valence-electron chi connectivity index (χ4n) is 9.57. The van der Waals surface area contributed by atoms with Gasteiger partial charge in [-0.15, -0.1) is 0 Å². The Morgan fingerprint density at radius 1 is 0.426 bits per heavy atom. The van der Waals surface area contributed by atoms with E-state index in [4.69, 9.17) is 9.15 Å². The number of hydrogen-bond donors (Lipinski definition) is 0. The highest BCUT2D eigenvalue weighted by atomic mass is 16.5. The number of hydrogen-bond acceptors (Lipinski definition) is 3. The maximum atomic E-state index is 7.07. The lowest BCUT2D eigenvalue weighted by Gasteiger charge is -2.28. The molecule has 288 valence electrons. The van der Waals surface area contributed by atoms with Crippen molar-refractivity contribution >= 4 is 60.9 Å². The second-order valence-electron chi connectivity index (χ2n) is 15.9. The van der Waals surface area contributed by atoms with E-state index < -0.39 is 0 Å². The molecule has 9 aromatic carbocycles. The van der Waals surface area contributed by atoms with Crippen LogP contribution in [0.25, 0.3) is 66.1 Å². The summed E-state index contributed by atoms with van der Waals surface area (Å²) in [7, 11) is 0. The molecule has 3 nitrogen and oxygen atoms in total. The summed E-state index contributed by atoms with van der Waals surface area (Å²) in [4.78, 5) is 2.32. The Balaban J connectivity index is 1.01. The average Bonchev–Trinajstić information content (AvgIpc) is 3.92. The van der Waals surface area contributed by atoms with Crippen LogP contribution in [0.3, 0.4) is 0 Å². The molecule has 12 rings (SSSR count). The van der Waals surface area contributed by atoms with Crippen molar-refractivity contribution in [3.63, 3.8) is 0 Å². The van der Waals surface area contributed by atoms with Crippen LogP contribution in [0, 0.1) is 0 Å². The summed E-state index contributed by atoms with van der Waals surface area (Å²) < 4.78 is 13.7. The zero-order valence-electron chi connectivity index (χ0n) is 33.3. The summed E-state index contributed by atoms with van der Waals surface area (Å²) in [6.45, 7) is 0. The van der Waals surface area contributed by atoms with Crippen molar-refractivity contribution in [2.75, 3.05) is 4.90 Å². The van der Waals surface area contributed by atoms with Crippen LogP contribution in [0.15, 0.2) is 229 Å². The van der Waals surface area contributed by atoms with Gasteiger partial charge in [-0.25, -0.2) is 0 Å². The van der Waals surface area contributed by atoms with Crippen molar-refractivity contribution < 1.29 is 9.15 Å². The zero-order valence-corrected chi connectivity index (χ0v) is 33.3. The molecular formula is C58H39NO2. The molecule has 2 aliphatic rings. The smallest absolute Gasteiger partial charge is 0.159 e.